The van der Waals surface area contributed by atoms with E-state index in [1.54, 1.807) is 12.1 Å². The van der Waals surface area contributed by atoms with E-state index in [1.165, 1.54) is 0 Å². The van der Waals surface area contributed by atoms with E-state index in [0.29, 0.717) is 5.57 Å². The van der Waals surface area contributed by atoms with E-state index in [0.717, 1.165) is 42.4 Å². The number of phenolic OH excluding ortho intramolecular Hbond substituents is 1. The highest BCUT2D eigenvalue weighted by Crippen LogP contribution is 2.62. The molecule has 0 heterocycles. The molecule has 1 N–H and O–H groups in total. The van der Waals surface area contributed by atoms with Gasteiger partial charge in [-0.3, -0.25) is 4.79 Å². The van der Waals surface area contributed by atoms with Crippen LogP contribution in [0.4, 0.5) is 0 Å². The molecule has 0 aromatic heterocycles. The standard InChI is InChI=1S/C16H13NO2/c17-8-13-14-12-2-1-11(18)5-10(12)7-16(14)4-3-9(6-16)15(13)19/h1-2,5,9,18H,3-4,6-7H2/t9-,16-/m1/s1. The maximum atomic E-state index is 12.3. The summed E-state index contributed by atoms with van der Waals surface area (Å²) in [5.41, 5.74) is 3.41. The number of aromatic hydroxyl groups is 1. The molecule has 3 aliphatic rings. The molecule has 0 saturated heterocycles. The molecule has 19 heavy (non-hydrogen) atoms. The molecule has 0 amide bonds. The normalized spacial score (nSPS) is 31.1. The topological polar surface area (TPSA) is 61.1 Å². The van der Waals surface area contributed by atoms with Gasteiger partial charge in [0, 0.05) is 11.3 Å². The Kier molecular flexibility index (Phi) is 1.86. The lowest BCUT2D eigenvalue weighted by molar-refractivity contribution is -0.119. The van der Waals surface area contributed by atoms with E-state index in [4.69, 9.17) is 0 Å². The maximum absolute atomic E-state index is 12.3. The van der Waals surface area contributed by atoms with Crippen molar-refractivity contribution < 1.29 is 9.90 Å². The molecule has 1 aromatic rings. The highest BCUT2D eigenvalue weighted by atomic mass is 16.3. The molecular weight excluding hydrogens is 238 g/mol. The minimum absolute atomic E-state index is 0.0141. The molecule has 1 fully saturated rings. The van der Waals surface area contributed by atoms with Gasteiger partial charge in [-0.25, -0.2) is 0 Å². The Labute approximate surface area is 111 Å². The SMILES string of the molecule is N#CC1=C2c3ccc(O)cc3C[C@]23CC[C@H](C3)C1=O. The Morgan fingerprint density at radius 2 is 2.26 bits per heavy atom. The van der Waals surface area contributed by atoms with Gasteiger partial charge in [0.1, 0.15) is 11.8 Å². The Hall–Kier alpha value is -2.08. The fourth-order valence-corrected chi connectivity index (χ4v) is 4.28. The third kappa shape index (κ3) is 1.19. The van der Waals surface area contributed by atoms with Crippen molar-refractivity contribution in [2.75, 3.05) is 0 Å². The van der Waals surface area contributed by atoms with Crippen LogP contribution in [-0.2, 0) is 11.2 Å². The van der Waals surface area contributed by atoms with Crippen LogP contribution in [0.5, 0.6) is 5.75 Å². The summed E-state index contributed by atoms with van der Waals surface area (Å²) in [7, 11) is 0. The number of fused-ring (bicyclic) bond motifs is 3. The predicted octanol–water partition coefficient (Wildman–Crippen LogP) is 2.59. The van der Waals surface area contributed by atoms with Crippen molar-refractivity contribution in [3.63, 3.8) is 0 Å². The third-order valence-electron chi connectivity index (χ3n) is 5.00. The van der Waals surface area contributed by atoms with Gasteiger partial charge >= 0.3 is 0 Å². The average molecular weight is 251 g/mol. The molecule has 94 valence electrons. The zero-order valence-corrected chi connectivity index (χ0v) is 10.4. The second-order valence-corrected chi connectivity index (χ2v) is 5.96. The molecule has 2 bridgehead atoms. The Balaban J connectivity index is 2.04. The number of nitrogens with zero attached hydrogens (tertiary/aromatic N) is 1. The van der Waals surface area contributed by atoms with Crippen LogP contribution in [-0.4, -0.2) is 10.9 Å². The summed E-state index contributed by atoms with van der Waals surface area (Å²) in [4.78, 5) is 12.3. The number of Topliss-reactive ketones (excluding diaryl/α,β-unsaturated/α-hetero) is 1. The van der Waals surface area contributed by atoms with E-state index in [1.807, 2.05) is 6.07 Å². The van der Waals surface area contributed by atoms with Crippen LogP contribution in [0.1, 0.15) is 30.4 Å². The summed E-state index contributed by atoms with van der Waals surface area (Å²) >= 11 is 0. The summed E-state index contributed by atoms with van der Waals surface area (Å²) in [6.45, 7) is 0. The first-order chi connectivity index (χ1) is 9.14. The number of ketones is 1. The molecular formula is C16H13NO2. The van der Waals surface area contributed by atoms with Crippen molar-refractivity contribution in [3.8, 4) is 11.8 Å². The number of hydrogen-bond donors (Lipinski definition) is 1. The second-order valence-electron chi connectivity index (χ2n) is 5.96. The fourth-order valence-electron chi connectivity index (χ4n) is 4.28. The molecule has 1 saturated carbocycles. The fraction of sp³-hybridized carbons (Fsp3) is 0.375. The zero-order chi connectivity index (χ0) is 13.2. The number of allylic oxidation sites excluding steroid dienone is 2. The molecule has 3 nitrogen and oxygen atoms in total. The van der Waals surface area contributed by atoms with Gasteiger partial charge in [0.2, 0.25) is 0 Å². The van der Waals surface area contributed by atoms with Crippen molar-refractivity contribution in [2.24, 2.45) is 11.3 Å². The zero-order valence-electron chi connectivity index (χ0n) is 10.4. The van der Waals surface area contributed by atoms with Crippen LogP contribution in [0, 0.1) is 22.7 Å². The summed E-state index contributed by atoms with van der Waals surface area (Å²) in [6, 6.07) is 7.43. The van der Waals surface area contributed by atoms with E-state index in [-0.39, 0.29) is 22.9 Å². The van der Waals surface area contributed by atoms with E-state index in [2.05, 4.69) is 6.07 Å². The molecule has 2 atom stereocenters. The van der Waals surface area contributed by atoms with E-state index < -0.39 is 0 Å². The molecule has 3 heteroatoms. The van der Waals surface area contributed by atoms with Crippen molar-refractivity contribution in [3.05, 3.63) is 34.9 Å². The van der Waals surface area contributed by atoms with E-state index in [9.17, 15) is 15.2 Å². The van der Waals surface area contributed by atoms with Gasteiger partial charge in [-0.05, 0) is 54.5 Å². The minimum atomic E-state index is -0.0141. The number of carbonyl (C=O) groups is 1. The van der Waals surface area contributed by atoms with Crippen LogP contribution in [0.2, 0.25) is 0 Å². The van der Waals surface area contributed by atoms with Gasteiger partial charge in [0.15, 0.2) is 5.78 Å². The van der Waals surface area contributed by atoms with Gasteiger partial charge < -0.3 is 5.11 Å². The van der Waals surface area contributed by atoms with Crippen LogP contribution >= 0.6 is 0 Å². The highest BCUT2D eigenvalue weighted by Gasteiger charge is 2.54. The lowest BCUT2D eigenvalue weighted by Crippen LogP contribution is -2.27. The van der Waals surface area contributed by atoms with E-state index >= 15 is 0 Å². The van der Waals surface area contributed by atoms with Crippen LogP contribution in [0.25, 0.3) is 5.57 Å². The van der Waals surface area contributed by atoms with Gasteiger partial charge in [0.25, 0.3) is 0 Å². The lowest BCUT2D eigenvalue weighted by Gasteiger charge is -2.30. The number of nitriles is 1. The molecule has 1 spiro atoms. The van der Waals surface area contributed by atoms with Crippen molar-refractivity contribution >= 4 is 11.4 Å². The monoisotopic (exact) mass is 251 g/mol. The van der Waals surface area contributed by atoms with Gasteiger partial charge in [-0.1, -0.05) is 6.07 Å². The smallest absolute Gasteiger partial charge is 0.176 e. The number of hydrogen-bond acceptors (Lipinski definition) is 3. The number of benzene rings is 1. The van der Waals surface area contributed by atoms with Crippen molar-refractivity contribution in [1.29, 1.82) is 5.26 Å². The summed E-state index contributed by atoms with van der Waals surface area (Å²) in [5, 5.41) is 19.0. The summed E-state index contributed by atoms with van der Waals surface area (Å²) in [5.74, 6) is 0.335. The number of carbonyl (C=O) groups excluding carboxylic acids is 1. The average Bonchev–Trinajstić information content (AvgIpc) is 2.91. The Morgan fingerprint density at radius 1 is 1.42 bits per heavy atom. The Bertz CT molecular complexity index is 695. The third-order valence-corrected chi connectivity index (χ3v) is 5.00. The predicted molar refractivity (Wildman–Crippen MR) is 69.1 cm³/mol. The van der Waals surface area contributed by atoms with Crippen LogP contribution in [0.15, 0.2) is 23.8 Å². The molecule has 0 unspecified atom stereocenters. The minimum Gasteiger partial charge on any atom is -0.508 e. The first-order valence-electron chi connectivity index (χ1n) is 6.66. The lowest BCUT2D eigenvalue weighted by atomic mass is 9.71. The number of rotatable bonds is 0. The van der Waals surface area contributed by atoms with Crippen molar-refractivity contribution in [1.82, 2.24) is 0 Å². The molecule has 4 rings (SSSR count). The van der Waals surface area contributed by atoms with Crippen LogP contribution < -0.4 is 0 Å². The molecule has 0 radical (unpaired) electrons. The first-order valence-corrected chi connectivity index (χ1v) is 6.66. The molecule has 0 aliphatic heterocycles. The second kappa shape index (κ2) is 3.27. The van der Waals surface area contributed by atoms with Crippen LogP contribution in [0.3, 0.4) is 0 Å². The quantitative estimate of drug-likeness (QED) is 0.771. The maximum Gasteiger partial charge on any atom is 0.176 e. The largest absolute Gasteiger partial charge is 0.508 e. The first kappa shape index (κ1) is 10.8. The van der Waals surface area contributed by atoms with Crippen molar-refractivity contribution in [2.45, 2.75) is 25.7 Å². The summed E-state index contributed by atoms with van der Waals surface area (Å²) in [6.07, 6.45) is 3.62. The molecule has 3 aliphatic carbocycles. The summed E-state index contributed by atoms with van der Waals surface area (Å²) < 4.78 is 0. The Morgan fingerprint density at radius 3 is 3.05 bits per heavy atom. The van der Waals surface area contributed by atoms with Gasteiger partial charge in [-0.15, -0.1) is 0 Å². The van der Waals surface area contributed by atoms with Gasteiger partial charge in [-0.2, -0.15) is 5.26 Å². The van der Waals surface area contributed by atoms with Gasteiger partial charge in [0.05, 0.1) is 5.57 Å². The number of phenols is 1. The highest BCUT2D eigenvalue weighted by molar-refractivity contribution is 6.11. The molecule has 1 aromatic carbocycles.